The van der Waals surface area contributed by atoms with Gasteiger partial charge in [0.2, 0.25) is 11.8 Å². The molecule has 12 heteroatoms. The third kappa shape index (κ3) is 27.9. The molecule has 1 aliphatic carbocycles. The molecular formula is C64H87N5O4S3. The lowest BCUT2D eigenvalue weighted by molar-refractivity contribution is -0.121. The van der Waals surface area contributed by atoms with Crippen molar-refractivity contribution in [2.24, 2.45) is 5.41 Å². The van der Waals surface area contributed by atoms with Crippen LogP contribution >= 0.6 is 35.3 Å². The third-order valence-electron chi connectivity index (χ3n) is 12.2. The van der Waals surface area contributed by atoms with Crippen molar-refractivity contribution < 1.29 is 19.5 Å². The van der Waals surface area contributed by atoms with Crippen molar-refractivity contribution in [3.8, 4) is 0 Å². The zero-order valence-electron chi connectivity index (χ0n) is 47.0. The van der Waals surface area contributed by atoms with Crippen LogP contribution in [-0.4, -0.2) is 103 Å². The van der Waals surface area contributed by atoms with E-state index in [0.29, 0.717) is 19.3 Å². The van der Waals surface area contributed by atoms with Crippen LogP contribution in [-0.2, 0) is 20.8 Å². The summed E-state index contributed by atoms with van der Waals surface area (Å²) in [6.07, 6.45) is 19.3. The van der Waals surface area contributed by atoms with Gasteiger partial charge in [0.05, 0.1) is 6.10 Å². The molecule has 0 saturated heterocycles. The number of nitrogens with one attached hydrogen (secondary N) is 2. The highest BCUT2D eigenvalue weighted by atomic mass is 32.2. The molecule has 76 heavy (non-hydrogen) atoms. The fraction of sp³-hybridized carbons (Fsp3) is 0.438. The van der Waals surface area contributed by atoms with Gasteiger partial charge in [0.25, 0.3) is 0 Å². The van der Waals surface area contributed by atoms with Crippen LogP contribution < -0.4 is 10.6 Å². The lowest BCUT2D eigenvalue weighted by Gasteiger charge is -2.26. The highest BCUT2D eigenvalue weighted by molar-refractivity contribution is 7.99. The number of carbonyl (C=O) groups is 3. The van der Waals surface area contributed by atoms with Gasteiger partial charge in [-0.3, -0.25) is 14.4 Å². The zero-order chi connectivity index (χ0) is 55.1. The molecule has 9 nitrogen and oxygen atoms in total. The average Bonchev–Trinajstić information content (AvgIpc) is 3.38. The average molecular weight is 1090 g/mol. The lowest BCUT2D eigenvalue weighted by Crippen LogP contribution is -2.38. The van der Waals surface area contributed by atoms with Crippen LogP contribution in [0.5, 0.6) is 0 Å². The summed E-state index contributed by atoms with van der Waals surface area (Å²) in [7, 11) is 8.31. The van der Waals surface area contributed by atoms with Crippen molar-refractivity contribution in [1.82, 2.24) is 25.4 Å². The Morgan fingerprint density at radius 1 is 0.684 bits per heavy atom. The van der Waals surface area contributed by atoms with Crippen molar-refractivity contribution in [2.75, 3.05) is 53.6 Å². The summed E-state index contributed by atoms with van der Waals surface area (Å²) in [6.45, 7) is 13.7. The van der Waals surface area contributed by atoms with Crippen LogP contribution in [0.4, 0.5) is 0 Å². The Hall–Kier alpha value is -4.95. The molecule has 410 valence electrons. The first-order chi connectivity index (χ1) is 36.4. The Balaban J connectivity index is 0.000000247. The molecule has 2 unspecified atom stereocenters. The van der Waals surface area contributed by atoms with Gasteiger partial charge in [-0.1, -0.05) is 135 Å². The minimum Gasteiger partial charge on any atom is -0.393 e. The van der Waals surface area contributed by atoms with E-state index in [0.717, 1.165) is 99.3 Å². The van der Waals surface area contributed by atoms with Gasteiger partial charge in [-0.15, -0.1) is 11.8 Å². The molecule has 0 radical (unpaired) electrons. The first-order valence-corrected chi connectivity index (χ1v) is 29.7. The van der Waals surface area contributed by atoms with E-state index >= 15 is 0 Å². The van der Waals surface area contributed by atoms with Crippen molar-refractivity contribution in [3.63, 3.8) is 0 Å². The number of hydrogen-bond donors (Lipinski definition) is 3. The minimum atomic E-state index is -0.285. The summed E-state index contributed by atoms with van der Waals surface area (Å²) in [4.78, 5) is 50.0. The second-order valence-electron chi connectivity index (χ2n) is 21.4. The maximum absolute atomic E-state index is 12.1. The van der Waals surface area contributed by atoms with E-state index in [1.807, 2.05) is 42.5 Å². The number of aliphatic hydroxyl groups is 1. The fourth-order valence-corrected chi connectivity index (χ4v) is 10.8. The van der Waals surface area contributed by atoms with Crippen LogP contribution in [0.1, 0.15) is 119 Å². The summed E-state index contributed by atoms with van der Waals surface area (Å²) in [6, 6.07) is 37.6. The second-order valence-corrected chi connectivity index (χ2v) is 24.6. The Bertz CT molecular complexity index is 2540. The SMILES string of the molecule is CC(C)(C)CSc1ncccc1/C=C/C(=O)NC1CCCC(O)C1.Cc1ccc(Sc2ccccc2/C=C\C(=O)CCCCCN(C)C)cc1.Cc1ccc(Sc2ccccc2CCC(=O)NCCCCN(C)C)cc1. The molecule has 6 rings (SSSR count). The van der Waals surface area contributed by atoms with E-state index in [-0.39, 0.29) is 35.2 Å². The molecule has 2 amide bonds. The second kappa shape index (κ2) is 35.5. The number of unbranched alkanes of at least 4 members (excludes halogenated alkanes) is 3. The number of thioether (sulfide) groups is 1. The molecule has 2 atom stereocenters. The Kier molecular flexibility index (Phi) is 29.7. The van der Waals surface area contributed by atoms with Gasteiger partial charge in [-0.25, -0.2) is 4.98 Å². The zero-order valence-corrected chi connectivity index (χ0v) is 49.4. The topological polar surface area (TPSA) is 115 Å². The molecule has 5 aromatic rings. The summed E-state index contributed by atoms with van der Waals surface area (Å²) in [5.41, 5.74) is 6.05. The Morgan fingerprint density at radius 3 is 1.92 bits per heavy atom. The van der Waals surface area contributed by atoms with Crippen LogP contribution in [0.3, 0.4) is 0 Å². The van der Waals surface area contributed by atoms with Crippen LogP contribution in [0, 0.1) is 19.3 Å². The smallest absolute Gasteiger partial charge is 0.244 e. The van der Waals surface area contributed by atoms with Crippen LogP contribution in [0.15, 0.2) is 152 Å². The molecule has 4 aromatic carbocycles. The summed E-state index contributed by atoms with van der Waals surface area (Å²) in [5, 5.41) is 16.6. The minimum absolute atomic E-state index is 0.0783. The van der Waals surface area contributed by atoms with Gasteiger partial charge in [-0.2, -0.15) is 0 Å². The summed E-state index contributed by atoms with van der Waals surface area (Å²) >= 11 is 5.21. The number of benzene rings is 4. The molecule has 3 N–H and O–H groups in total. The number of rotatable bonds is 25. The van der Waals surface area contributed by atoms with E-state index in [2.05, 4.69) is 167 Å². The molecule has 1 saturated carbocycles. The molecule has 0 spiro atoms. The molecule has 1 aliphatic rings. The molecule has 1 aromatic heterocycles. The number of amides is 2. The van der Waals surface area contributed by atoms with Gasteiger partial charge in [0, 0.05) is 68.6 Å². The maximum Gasteiger partial charge on any atom is 0.244 e. The van der Waals surface area contributed by atoms with E-state index < -0.39 is 0 Å². The number of hydrogen-bond acceptors (Lipinski definition) is 10. The number of carbonyl (C=O) groups excluding carboxylic acids is 3. The molecule has 0 bridgehead atoms. The quantitative estimate of drug-likeness (QED) is 0.0296. The lowest BCUT2D eigenvalue weighted by atomic mass is 9.93. The highest BCUT2D eigenvalue weighted by Gasteiger charge is 2.21. The van der Waals surface area contributed by atoms with Gasteiger partial charge in [0.1, 0.15) is 5.03 Å². The van der Waals surface area contributed by atoms with Crippen LogP contribution in [0.2, 0.25) is 0 Å². The fourth-order valence-electron chi connectivity index (χ4n) is 7.92. The standard InChI is InChI=1S/C23H29NOS.C22H30N2OS.C19H28N2O2S/c1-19-12-16-22(17-13-19)26-23-11-7-6-9-20(23)14-15-21(25)10-5-4-8-18-24(2)3;1-18-10-13-20(14-11-18)26-21-9-5-4-8-19(21)12-15-22(25)23-16-6-7-17-24(2)3;1-19(2,3)13-24-18-14(6-5-11-20-18)9-10-17(23)21-15-7-4-8-16(22)12-15/h6-7,9,11-17H,4-5,8,10,18H2,1-3H3;4-5,8-11,13-14H,6-7,12,15-17H2,1-3H3,(H,23,25);5-6,9-11,15-16,22H,4,7-8,12-13H2,1-3H3,(H,21,23)/b15-14-;;10-9+. The number of allylic oxidation sites excluding steroid dienone is 1. The predicted molar refractivity (Wildman–Crippen MR) is 324 cm³/mol. The normalized spacial score (nSPS) is 14.5. The predicted octanol–water partition coefficient (Wildman–Crippen LogP) is 14.0. The van der Waals surface area contributed by atoms with E-state index in [1.54, 1.807) is 53.6 Å². The van der Waals surface area contributed by atoms with Crippen molar-refractivity contribution in [2.45, 2.75) is 148 Å². The van der Waals surface area contributed by atoms with E-state index in [9.17, 15) is 19.5 Å². The first-order valence-electron chi connectivity index (χ1n) is 27.1. The third-order valence-corrected chi connectivity index (χ3v) is 16.0. The Morgan fingerprint density at radius 2 is 1.28 bits per heavy atom. The maximum atomic E-state index is 12.1. The number of aromatic nitrogens is 1. The van der Waals surface area contributed by atoms with Crippen molar-refractivity contribution in [1.29, 1.82) is 0 Å². The largest absolute Gasteiger partial charge is 0.393 e. The molecule has 1 heterocycles. The van der Waals surface area contributed by atoms with Crippen molar-refractivity contribution >= 4 is 65.0 Å². The van der Waals surface area contributed by atoms with Crippen molar-refractivity contribution in [3.05, 3.63) is 155 Å². The van der Waals surface area contributed by atoms with Gasteiger partial charge in [0.15, 0.2) is 5.78 Å². The molecule has 0 aliphatic heterocycles. The molecule has 1 fully saturated rings. The van der Waals surface area contributed by atoms with Gasteiger partial charge >= 0.3 is 0 Å². The van der Waals surface area contributed by atoms with E-state index in [1.165, 1.54) is 36.3 Å². The van der Waals surface area contributed by atoms with Gasteiger partial charge in [-0.05, 0) is 184 Å². The number of ketones is 1. The monoisotopic (exact) mass is 1090 g/mol. The van der Waals surface area contributed by atoms with E-state index in [4.69, 9.17) is 0 Å². The Labute approximate surface area is 470 Å². The number of pyridine rings is 1. The molecular weight excluding hydrogens is 999 g/mol. The number of aliphatic hydroxyl groups excluding tert-OH is 1. The van der Waals surface area contributed by atoms with Crippen LogP contribution in [0.25, 0.3) is 12.2 Å². The number of nitrogens with zero attached hydrogens (tertiary/aromatic N) is 3. The summed E-state index contributed by atoms with van der Waals surface area (Å²) in [5.74, 6) is 1.22. The highest BCUT2D eigenvalue weighted by Crippen LogP contribution is 2.33. The summed E-state index contributed by atoms with van der Waals surface area (Å²) < 4.78 is 0. The van der Waals surface area contributed by atoms with Gasteiger partial charge < -0.3 is 25.5 Å². The number of aryl methyl sites for hydroxylation is 3. The first kappa shape index (κ1) is 63.6.